The third-order valence-corrected chi connectivity index (χ3v) is 9.09. The summed E-state index contributed by atoms with van der Waals surface area (Å²) in [6.45, 7) is 29.4. The minimum atomic E-state index is -0.134. The van der Waals surface area contributed by atoms with Crippen LogP contribution in [0.15, 0.2) is 42.5 Å². The summed E-state index contributed by atoms with van der Waals surface area (Å²) >= 11 is 0. The van der Waals surface area contributed by atoms with Crippen molar-refractivity contribution in [2.75, 3.05) is 0 Å². The molecule has 2 aliphatic rings. The zero-order chi connectivity index (χ0) is 32.9. The van der Waals surface area contributed by atoms with Crippen molar-refractivity contribution < 1.29 is 2.74 Å². The summed E-state index contributed by atoms with van der Waals surface area (Å²) in [6.07, 6.45) is 10.8. The van der Waals surface area contributed by atoms with Crippen LogP contribution in [0.5, 0.6) is 0 Å². The second kappa shape index (κ2) is 15.3. The number of rotatable bonds is 3. The second-order valence-corrected chi connectivity index (χ2v) is 16.4. The van der Waals surface area contributed by atoms with Gasteiger partial charge in [0.05, 0.1) is 0 Å². The Morgan fingerprint density at radius 1 is 0.561 bits per heavy atom. The smallest absolute Gasteiger partial charge is 0.0308 e. The molecular formula is C41H68. The Hall–Kier alpha value is -1.56. The summed E-state index contributed by atoms with van der Waals surface area (Å²) in [4.78, 5) is 0. The quantitative estimate of drug-likeness (QED) is 0.349. The molecule has 41 heavy (non-hydrogen) atoms. The fourth-order valence-electron chi connectivity index (χ4n) is 6.54. The highest BCUT2D eigenvalue weighted by molar-refractivity contribution is 5.67. The molecule has 4 rings (SSSR count). The van der Waals surface area contributed by atoms with E-state index in [1.165, 1.54) is 59.9 Å². The highest BCUT2D eigenvalue weighted by atomic mass is 14.3. The van der Waals surface area contributed by atoms with Crippen LogP contribution >= 0.6 is 0 Å². The van der Waals surface area contributed by atoms with Gasteiger partial charge in [-0.2, -0.15) is 0 Å². The van der Waals surface area contributed by atoms with Gasteiger partial charge in [0.15, 0.2) is 0 Å². The van der Waals surface area contributed by atoms with Gasteiger partial charge >= 0.3 is 0 Å². The van der Waals surface area contributed by atoms with Gasteiger partial charge in [0, 0.05) is 2.74 Å². The van der Waals surface area contributed by atoms with Gasteiger partial charge in [-0.1, -0.05) is 165 Å². The van der Waals surface area contributed by atoms with Crippen LogP contribution in [-0.2, 0) is 5.41 Å². The molecule has 0 aromatic heterocycles. The number of hydrogen-bond acceptors (Lipinski definition) is 0. The normalized spacial score (nSPS) is 19.5. The van der Waals surface area contributed by atoms with Crippen LogP contribution in [0, 0.1) is 22.6 Å². The highest BCUT2D eigenvalue weighted by Gasteiger charge is 2.28. The average Bonchev–Trinajstić information content (AvgIpc) is 3.36. The molecule has 2 fully saturated rings. The van der Waals surface area contributed by atoms with Gasteiger partial charge in [-0.05, 0) is 93.4 Å². The van der Waals surface area contributed by atoms with Crippen molar-refractivity contribution in [3.63, 3.8) is 0 Å². The maximum Gasteiger partial charge on any atom is 0.0308 e. The first-order valence-electron chi connectivity index (χ1n) is 17.9. The molecule has 0 aliphatic heterocycles. The molecule has 0 bridgehead atoms. The van der Waals surface area contributed by atoms with Crippen molar-refractivity contribution in [3.05, 3.63) is 59.2 Å². The molecule has 0 saturated heterocycles. The molecule has 0 amide bonds. The molecule has 0 unspecified atom stereocenters. The molecule has 0 nitrogen and oxygen atoms in total. The maximum atomic E-state index is 8.27. The van der Waals surface area contributed by atoms with E-state index in [4.69, 9.17) is 2.74 Å². The predicted molar refractivity (Wildman–Crippen MR) is 186 cm³/mol. The third kappa shape index (κ3) is 11.2. The van der Waals surface area contributed by atoms with Crippen LogP contribution in [0.25, 0.3) is 11.1 Å². The van der Waals surface area contributed by atoms with Crippen molar-refractivity contribution in [2.24, 2.45) is 22.6 Å². The molecule has 2 aromatic carbocycles. The summed E-state index contributed by atoms with van der Waals surface area (Å²) in [5.74, 6) is 0.823. The predicted octanol–water partition coefficient (Wildman–Crippen LogP) is 13.7. The fraction of sp³-hybridized carbons (Fsp3) is 0.707. The third-order valence-electron chi connectivity index (χ3n) is 9.09. The lowest BCUT2D eigenvalue weighted by molar-refractivity contribution is 0.180. The second-order valence-electron chi connectivity index (χ2n) is 16.4. The van der Waals surface area contributed by atoms with Crippen molar-refractivity contribution in [3.8, 4) is 11.1 Å². The van der Waals surface area contributed by atoms with Gasteiger partial charge in [-0.15, -0.1) is 0 Å². The monoisotopic (exact) mass is 563 g/mol. The lowest BCUT2D eigenvalue weighted by Crippen LogP contribution is -2.22. The number of benzene rings is 2. The summed E-state index contributed by atoms with van der Waals surface area (Å²) in [5, 5.41) is 0. The largest absolute Gasteiger partial charge is 0.0622 e. The maximum absolute atomic E-state index is 8.27. The minimum Gasteiger partial charge on any atom is -0.0622 e. The zero-order valence-electron chi connectivity index (χ0n) is 31.6. The molecule has 0 atom stereocenters. The molecule has 0 radical (unpaired) electrons. The van der Waals surface area contributed by atoms with E-state index in [0.29, 0.717) is 11.8 Å². The Morgan fingerprint density at radius 2 is 0.927 bits per heavy atom. The van der Waals surface area contributed by atoms with Gasteiger partial charge in [-0.3, -0.25) is 0 Å². The fourth-order valence-corrected chi connectivity index (χ4v) is 6.54. The lowest BCUT2D eigenvalue weighted by atomic mass is 9.72. The number of hydrogen-bond donors (Lipinski definition) is 0. The molecular weight excluding hydrogens is 492 g/mol. The van der Waals surface area contributed by atoms with E-state index in [1.807, 2.05) is 0 Å². The van der Waals surface area contributed by atoms with Gasteiger partial charge in [0.1, 0.15) is 0 Å². The van der Waals surface area contributed by atoms with Gasteiger partial charge < -0.3 is 0 Å². The van der Waals surface area contributed by atoms with Gasteiger partial charge in [0.25, 0.3) is 0 Å². The molecule has 0 N–H and O–H groups in total. The Bertz CT molecular complexity index is 1080. The summed E-state index contributed by atoms with van der Waals surface area (Å²) in [5.41, 5.74) is 7.73. The summed E-state index contributed by atoms with van der Waals surface area (Å²) in [6, 6.07) is 15.6. The summed E-state index contributed by atoms with van der Waals surface area (Å²) < 4.78 is 16.4. The Kier molecular flexibility index (Phi) is 12.0. The molecule has 0 spiro atoms. The van der Waals surface area contributed by atoms with Crippen molar-refractivity contribution in [1.82, 2.24) is 0 Å². The van der Waals surface area contributed by atoms with E-state index >= 15 is 0 Å². The Morgan fingerprint density at radius 3 is 1.22 bits per heavy atom. The molecule has 2 aromatic rings. The first kappa shape index (κ1) is 32.4. The van der Waals surface area contributed by atoms with Crippen LogP contribution < -0.4 is 0 Å². The zero-order valence-corrected chi connectivity index (χ0v) is 29.6. The van der Waals surface area contributed by atoms with Crippen molar-refractivity contribution >= 4 is 0 Å². The van der Waals surface area contributed by atoms with Gasteiger partial charge in [0.2, 0.25) is 0 Å². The Balaban J connectivity index is 0.000000255. The molecule has 232 valence electrons. The van der Waals surface area contributed by atoms with E-state index < -0.39 is 0 Å². The van der Waals surface area contributed by atoms with Crippen LogP contribution in [0.4, 0.5) is 0 Å². The first-order chi connectivity index (χ1) is 19.6. The van der Waals surface area contributed by atoms with Crippen molar-refractivity contribution in [2.45, 2.75) is 165 Å². The topological polar surface area (TPSA) is 0 Å². The molecule has 0 heterocycles. The van der Waals surface area contributed by atoms with Crippen LogP contribution in [0.1, 0.15) is 179 Å². The Labute approximate surface area is 260 Å². The van der Waals surface area contributed by atoms with Crippen LogP contribution in [-0.4, -0.2) is 0 Å². The molecule has 2 aliphatic carbocycles. The summed E-state index contributed by atoms with van der Waals surface area (Å²) in [7, 11) is 0. The van der Waals surface area contributed by atoms with E-state index in [-0.39, 0.29) is 28.0 Å². The van der Waals surface area contributed by atoms with Crippen LogP contribution in [0.2, 0.25) is 0 Å². The lowest BCUT2D eigenvalue weighted by Gasteiger charge is -2.33. The minimum absolute atomic E-state index is 0.118. The van der Waals surface area contributed by atoms with Gasteiger partial charge in [-0.25, -0.2) is 0 Å². The van der Waals surface area contributed by atoms with E-state index in [1.54, 1.807) is 0 Å². The molecule has 0 heteroatoms. The SMILES string of the molecule is CC(C)c1cc(-c2ccccc2)cc(C(C)C)c1C(C)(C)C.[2H]C1(C(C)(C)C)CCCC1.[2H]C1(C(C)(C)C)CCCCC1. The average molecular weight is 563 g/mol. The molecule has 2 saturated carbocycles. The van der Waals surface area contributed by atoms with Crippen LogP contribution in [0.3, 0.4) is 0 Å². The highest BCUT2D eigenvalue weighted by Crippen LogP contribution is 2.41. The van der Waals surface area contributed by atoms with E-state index in [0.717, 1.165) is 25.7 Å². The van der Waals surface area contributed by atoms with E-state index in [9.17, 15) is 0 Å². The van der Waals surface area contributed by atoms with E-state index in [2.05, 4.69) is 132 Å². The first-order valence-corrected chi connectivity index (χ1v) is 16.9. The standard InChI is InChI=1S/C22H30.C10H20.C9H18/c1-15(2)19-13-18(17-11-9-8-10-12-17)14-20(16(3)4)21(19)22(5,6)7;1-10(2,3)9-7-5-4-6-8-9;1-9(2,3)8-6-4-5-7-8/h8-16H,1-7H3;9H,4-8H2,1-3H3;8H,4-7H2,1-3H3/i;9D;8D. The van der Waals surface area contributed by atoms with Crippen molar-refractivity contribution in [1.29, 1.82) is 0 Å².